The molecule has 0 aliphatic carbocycles. The average Bonchev–Trinajstić information content (AvgIpc) is 3.70. The molecule has 0 radical (unpaired) electrons. The van der Waals surface area contributed by atoms with Gasteiger partial charge in [0, 0.05) is 98.9 Å². The van der Waals surface area contributed by atoms with Crippen LogP contribution in [-0.4, -0.2) is 109 Å². The number of aromatic amines is 1. The third-order valence-corrected chi connectivity index (χ3v) is 12.1. The van der Waals surface area contributed by atoms with Crippen LogP contribution in [0.4, 0.5) is 31.7 Å². The molecule has 66 heavy (non-hydrogen) atoms. The molecule has 16 nitrogen and oxygen atoms in total. The first kappa shape index (κ1) is 45.4. The molecule has 4 heterocycles. The SMILES string of the molecule is O=Cc1ccc(NCCCCC(=O)N2CCN(c3ccc(C(=O)Nc4n[nH]c5ccc(Cc6cc(F)cc(F)c6)cc45)c(NC4CCOCC4)c3)CC2)cc1C(=O)NC1CCC(=O)NC1=O. The molecule has 3 aliphatic rings. The first-order valence-electron chi connectivity index (χ1n) is 22.2. The fourth-order valence-electron chi connectivity index (χ4n) is 8.54. The van der Waals surface area contributed by atoms with Crippen LogP contribution in [0, 0.1) is 11.6 Å². The van der Waals surface area contributed by atoms with E-state index in [-0.39, 0.29) is 48.2 Å². The quantitative estimate of drug-likeness (QED) is 0.0411. The van der Waals surface area contributed by atoms with Crippen LogP contribution >= 0.6 is 0 Å². The maximum Gasteiger partial charge on any atom is 0.258 e. The molecular weight excluding hydrogens is 853 g/mol. The van der Waals surface area contributed by atoms with Crippen molar-refractivity contribution in [1.29, 1.82) is 0 Å². The molecule has 1 aromatic heterocycles. The summed E-state index contributed by atoms with van der Waals surface area (Å²) >= 11 is 0. The summed E-state index contributed by atoms with van der Waals surface area (Å²) in [5.41, 5.74) is 4.88. The lowest BCUT2D eigenvalue weighted by atomic mass is 10.0. The van der Waals surface area contributed by atoms with Gasteiger partial charge in [-0.15, -0.1) is 0 Å². The highest BCUT2D eigenvalue weighted by atomic mass is 19.1. The first-order valence-corrected chi connectivity index (χ1v) is 22.2. The molecular formula is C48H51F2N9O7. The number of piperidine rings is 1. The number of ether oxygens (including phenoxy) is 1. The number of halogens is 2. The molecule has 6 N–H and O–H groups in total. The van der Waals surface area contributed by atoms with E-state index in [1.165, 1.54) is 18.2 Å². The van der Waals surface area contributed by atoms with E-state index in [0.717, 1.165) is 30.2 Å². The van der Waals surface area contributed by atoms with E-state index < -0.39 is 35.4 Å². The van der Waals surface area contributed by atoms with Crippen LogP contribution in [0.5, 0.6) is 0 Å². The Morgan fingerprint density at radius 1 is 0.833 bits per heavy atom. The van der Waals surface area contributed by atoms with Crippen LogP contribution in [-0.2, 0) is 25.5 Å². The van der Waals surface area contributed by atoms with Crippen LogP contribution in [0.3, 0.4) is 0 Å². The Hall–Kier alpha value is -7.21. The van der Waals surface area contributed by atoms with E-state index in [4.69, 9.17) is 4.74 Å². The number of benzene rings is 4. The predicted molar refractivity (Wildman–Crippen MR) is 244 cm³/mol. The number of carbonyl (C=O) groups excluding carboxylic acids is 6. The van der Waals surface area contributed by atoms with Crippen molar-refractivity contribution in [2.75, 3.05) is 66.8 Å². The second kappa shape index (κ2) is 20.7. The third-order valence-electron chi connectivity index (χ3n) is 12.1. The number of nitrogens with one attached hydrogen (secondary N) is 6. The van der Waals surface area contributed by atoms with Gasteiger partial charge in [0.05, 0.1) is 16.6 Å². The minimum Gasteiger partial charge on any atom is -0.385 e. The monoisotopic (exact) mass is 903 g/mol. The Kier molecular flexibility index (Phi) is 14.3. The summed E-state index contributed by atoms with van der Waals surface area (Å²) in [5.74, 6) is -2.83. The topological polar surface area (TPSA) is 207 Å². The fraction of sp³-hybridized carbons (Fsp3) is 0.354. The number of rotatable bonds is 16. The van der Waals surface area contributed by atoms with Crippen molar-refractivity contribution in [3.63, 3.8) is 0 Å². The van der Waals surface area contributed by atoms with Gasteiger partial charge in [0.15, 0.2) is 12.1 Å². The number of piperazine rings is 1. The van der Waals surface area contributed by atoms with Crippen molar-refractivity contribution >= 4 is 69.6 Å². The first-order chi connectivity index (χ1) is 32.0. The number of imide groups is 1. The highest BCUT2D eigenvalue weighted by Crippen LogP contribution is 2.30. The van der Waals surface area contributed by atoms with Crippen molar-refractivity contribution in [1.82, 2.24) is 25.7 Å². The van der Waals surface area contributed by atoms with E-state index in [9.17, 15) is 37.5 Å². The zero-order valence-electron chi connectivity index (χ0n) is 36.2. The largest absolute Gasteiger partial charge is 0.385 e. The Morgan fingerprint density at radius 3 is 2.38 bits per heavy atom. The smallest absolute Gasteiger partial charge is 0.258 e. The van der Waals surface area contributed by atoms with Crippen LogP contribution < -0.4 is 31.5 Å². The van der Waals surface area contributed by atoms with Crippen LogP contribution in [0.2, 0.25) is 0 Å². The number of nitrogens with zero attached hydrogens (tertiary/aromatic N) is 3. The van der Waals surface area contributed by atoms with Gasteiger partial charge in [0.25, 0.3) is 11.8 Å². The Morgan fingerprint density at radius 2 is 1.62 bits per heavy atom. The summed E-state index contributed by atoms with van der Waals surface area (Å²) in [6.45, 7) is 4.04. The summed E-state index contributed by atoms with van der Waals surface area (Å²) in [7, 11) is 0. The maximum atomic E-state index is 14.0. The van der Waals surface area contributed by atoms with Crippen molar-refractivity contribution < 1.29 is 42.3 Å². The second-order valence-corrected chi connectivity index (χ2v) is 16.8. The van der Waals surface area contributed by atoms with Crippen LogP contribution in [0.1, 0.15) is 87.1 Å². The molecule has 5 amide bonds. The van der Waals surface area contributed by atoms with Crippen LogP contribution in [0.25, 0.3) is 10.9 Å². The number of unbranched alkanes of at least 4 members (excludes halogenated alkanes) is 1. The summed E-state index contributed by atoms with van der Waals surface area (Å²) in [5, 5.41) is 22.6. The molecule has 4 aromatic carbocycles. The Balaban J connectivity index is 0.842. The van der Waals surface area contributed by atoms with Crippen LogP contribution in [0.15, 0.2) is 72.8 Å². The standard InChI is InChI=1S/C48H51F2N9O7/c49-32-22-30(23-33(50)25-32)21-29-4-9-40-39(24-29)45(57-56-40)55-46(63)37-8-7-36(27-42(37)52-34-12-19-66-20-13-34)58-15-17-59(18-16-58)44(62)3-1-2-14-51-35-6-5-31(28-60)38(26-35)47(64)53-41-10-11-43(61)54-48(41)65/h4-9,22-28,34,41,51-52H,1-3,10-21H2,(H,53,64)(H,54,61,65)(H2,55,56,57,63). The van der Waals surface area contributed by atoms with Gasteiger partial charge in [0.2, 0.25) is 17.7 Å². The summed E-state index contributed by atoms with van der Waals surface area (Å²) in [6, 6.07) is 18.6. The van der Waals surface area contributed by atoms with Gasteiger partial charge in [-0.25, -0.2) is 8.78 Å². The van der Waals surface area contributed by atoms with E-state index >= 15 is 0 Å². The molecule has 3 aliphatic heterocycles. The van der Waals surface area contributed by atoms with Crippen molar-refractivity contribution in [2.24, 2.45) is 0 Å². The minimum atomic E-state index is -0.873. The normalized spacial score (nSPS) is 16.7. The Labute approximate surface area is 379 Å². The van der Waals surface area contributed by atoms with Crippen molar-refractivity contribution in [2.45, 2.75) is 63.5 Å². The van der Waals surface area contributed by atoms with E-state index in [1.54, 1.807) is 18.2 Å². The molecule has 0 bridgehead atoms. The lowest BCUT2D eigenvalue weighted by Crippen LogP contribution is -2.52. The van der Waals surface area contributed by atoms with E-state index in [0.29, 0.717) is 111 Å². The van der Waals surface area contributed by atoms with E-state index in [1.807, 2.05) is 35.2 Å². The predicted octanol–water partition coefficient (Wildman–Crippen LogP) is 5.55. The number of anilines is 4. The molecule has 18 heteroatoms. The molecule has 0 spiro atoms. The lowest BCUT2D eigenvalue weighted by Gasteiger charge is -2.36. The number of amides is 5. The summed E-state index contributed by atoms with van der Waals surface area (Å²) in [4.78, 5) is 79.6. The van der Waals surface area contributed by atoms with Crippen molar-refractivity contribution in [3.05, 3.63) is 112 Å². The summed E-state index contributed by atoms with van der Waals surface area (Å²) < 4.78 is 33.3. The molecule has 3 saturated heterocycles. The van der Waals surface area contributed by atoms with Gasteiger partial charge in [-0.1, -0.05) is 6.07 Å². The van der Waals surface area contributed by atoms with Crippen molar-refractivity contribution in [3.8, 4) is 0 Å². The highest BCUT2D eigenvalue weighted by Gasteiger charge is 2.29. The zero-order chi connectivity index (χ0) is 46.2. The zero-order valence-corrected chi connectivity index (χ0v) is 36.2. The molecule has 1 atom stereocenters. The maximum absolute atomic E-state index is 14.0. The molecule has 3 fully saturated rings. The number of fused-ring (bicyclic) bond motifs is 1. The van der Waals surface area contributed by atoms with Gasteiger partial charge in [-0.2, -0.15) is 5.10 Å². The minimum absolute atomic E-state index is 0.0622. The second-order valence-electron chi connectivity index (χ2n) is 16.8. The third kappa shape index (κ3) is 11.2. The molecule has 0 saturated carbocycles. The lowest BCUT2D eigenvalue weighted by molar-refractivity contribution is -0.134. The molecule has 5 aromatic rings. The van der Waals surface area contributed by atoms with Gasteiger partial charge in [0.1, 0.15) is 17.7 Å². The number of H-pyrrole nitrogens is 1. The number of carbonyl (C=O) groups is 6. The number of aromatic nitrogens is 2. The Bertz CT molecular complexity index is 2620. The van der Waals surface area contributed by atoms with Gasteiger partial charge in [-0.05, 0) is 110 Å². The van der Waals surface area contributed by atoms with E-state index in [2.05, 4.69) is 41.7 Å². The van der Waals surface area contributed by atoms with Gasteiger partial charge in [-0.3, -0.25) is 39.2 Å². The number of hydrogen-bond acceptors (Lipinski definition) is 11. The highest BCUT2D eigenvalue weighted by molar-refractivity contribution is 6.11. The number of aldehydes is 1. The number of hydrogen-bond donors (Lipinski definition) is 6. The summed E-state index contributed by atoms with van der Waals surface area (Å²) in [6.07, 6.45) is 4.40. The fourth-order valence-corrected chi connectivity index (χ4v) is 8.54. The molecule has 344 valence electrons. The molecule has 1 unspecified atom stereocenters. The molecule has 8 rings (SSSR count). The average molecular weight is 904 g/mol. The van der Waals surface area contributed by atoms with Gasteiger partial charge >= 0.3 is 0 Å². The van der Waals surface area contributed by atoms with Gasteiger partial charge < -0.3 is 35.8 Å².